The molecule has 0 bridgehead atoms. The van der Waals surface area contributed by atoms with Crippen LogP contribution in [-0.2, 0) is 0 Å². The van der Waals surface area contributed by atoms with Crippen molar-refractivity contribution >= 4 is 11.6 Å². The molecular weight excluding hydrogens is 250 g/mol. The SMILES string of the molecule is Cc1cccc(Nc2cncc(C3CCCNC3)n2)n1. The summed E-state index contributed by atoms with van der Waals surface area (Å²) in [5, 5.41) is 6.63. The van der Waals surface area contributed by atoms with Gasteiger partial charge in [-0.3, -0.25) is 4.98 Å². The first-order chi connectivity index (χ1) is 9.81. The molecule has 1 saturated heterocycles. The molecule has 0 spiro atoms. The predicted molar refractivity (Wildman–Crippen MR) is 79.1 cm³/mol. The fourth-order valence-electron chi connectivity index (χ4n) is 2.49. The highest BCUT2D eigenvalue weighted by Gasteiger charge is 2.17. The minimum Gasteiger partial charge on any atom is -0.324 e. The average Bonchev–Trinajstić information content (AvgIpc) is 2.48. The summed E-state index contributed by atoms with van der Waals surface area (Å²) in [6.07, 6.45) is 5.98. The predicted octanol–water partition coefficient (Wildman–Crippen LogP) is 2.39. The van der Waals surface area contributed by atoms with Crippen molar-refractivity contribution < 1.29 is 0 Å². The lowest BCUT2D eigenvalue weighted by Gasteiger charge is -2.22. The van der Waals surface area contributed by atoms with Crippen LogP contribution in [0.4, 0.5) is 11.6 Å². The molecule has 3 heterocycles. The van der Waals surface area contributed by atoms with Crippen molar-refractivity contribution in [2.75, 3.05) is 18.4 Å². The first kappa shape index (κ1) is 13.0. The van der Waals surface area contributed by atoms with E-state index >= 15 is 0 Å². The Labute approximate surface area is 118 Å². The van der Waals surface area contributed by atoms with Gasteiger partial charge in [0.25, 0.3) is 0 Å². The number of hydrogen-bond acceptors (Lipinski definition) is 5. The maximum atomic E-state index is 4.67. The fraction of sp³-hybridized carbons (Fsp3) is 0.400. The van der Waals surface area contributed by atoms with Crippen molar-refractivity contribution in [3.63, 3.8) is 0 Å². The molecule has 1 fully saturated rings. The summed E-state index contributed by atoms with van der Waals surface area (Å²) in [5.74, 6) is 2.02. The van der Waals surface area contributed by atoms with Gasteiger partial charge in [-0.15, -0.1) is 0 Å². The van der Waals surface area contributed by atoms with Gasteiger partial charge >= 0.3 is 0 Å². The topological polar surface area (TPSA) is 62.7 Å². The Morgan fingerprint density at radius 3 is 2.95 bits per heavy atom. The van der Waals surface area contributed by atoms with Gasteiger partial charge in [0.05, 0.1) is 11.9 Å². The van der Waals surface area contributed by atoms with Crippen LogP contribution < -0.4 is 10.6 Å². The Balaban J connectivity index is 1.77. The van der Waals surface area contributed by atoms with E-state index in [2.05, 4.69) is 25.6 Å². The van der Waals surface area contributed by atoms with E-state index in [1.807, 2.05) is 31.3 Å². The monoisotopic (exact) mass is 269 g/mol. The second-order valence-corrected chi connectivity index (χ2v) is 5.16. The molecule has 1 unspecified atom stereocenters. The zero-order valence-electron chi connectivity index (χ0n) is 11.6. The van der Waals surface area contributed by atoms with E-state index in [0.29, 0.717) is 5.92 Å². The van der Waals surface area contributed by atoms with Crippen molar-refractivity contribution in [1.82, 2.24) is 20.3 Å². The highest BCUT2D eigenvalue weighted by molar-refractivity contribution is 5.50. The van der Waals surface area contributed by atoms with Gasteiger partial charge in [0.1, 0.15) is 11.6 Å². The molecule has 0 aliphatic carbocycles. The molecule has 1 aliphatic rings. The first-order valence-electron chi connectivity index (χ1n) is 7.04. The van der Waals surface area contributed by atoms with Crippen molar-refractivity contribution in [3.8, 4) is 0 Å². The van der Waals surface area contributed by atoms with Gasteiger partial charge < -0.3 is 10.6 Å². The largest absolute Gasteiger partial charge is 0.324 e. The standard InChI is InChI=1S/C15H19N5/c1-11-4-2-6-14(18-11)20-15-10-17-9-13(19-15)12-5-3-7-16-8-12/h2,4,6,9-10,12,16H,3,5,7-8H2,1H3,(H,18,19,20). The minimum absolute atomic E-state index is 0.462. The number of hydrogen-bond donors (Lipinski definition) is 2. The molecule has 0 radical (unpaired) electrons. The third-order valence-corrected chi connectivity index (χ3v) is 3.51. The van der Waals surface area contributed by atoms with Crippen LogP contribution in [0.25, 0.3) is 0 Å². The molecule has 104 valence electrons. The lowest BCUT2D eigenvalue weighted by atomic mass is 9.96. The second-order valence-electron chi connectivity index (χ2n) is 5.16. The molecule has 3 rings (SSSR count). The van der Waals surface area contributed by atoms with Crippen LogP contribution in [0.1, 0.15) is 30.1 Å². The molecular formula is C15H19N5. The van der Waals surface area contributed by atoms with Gasteiger partial charge in [0, 0.05) is 24.4 Å². The number of anilines is 2. The summed E-state index contributed by atoms with van der Waals surface area (Å²) in [5.41, 5.74) is 2.03. The number of rotatable bonds is 3. The van der Waals surface area contributed by atoms with E-state index in [9.17, 15) is 0 Å². The first-order valence-corrected chi connectivity index (χ1v) is 7.04. The molecule has 5 heteroatoms. The number of nitrogens with one attached hydrogen (secondary N) is 2. The van der Waals surface area contributed by atoms with E-state index in [0.717, 1.165) is 36.1 Å². The Kier molecular flexibility index (Phi) is 3.87. The number of aryl methyl sites for hydroxylation is 1. The normalized spacial score (nSPS) is 18.8. The van der Waals surface area contributed by atoms with Crippen LogP contribution in [0.2, 0.25) is 0 Å². The summed E-state index contributed by atoms with van der Waals surface area (Å²) in [7, 11) is 0. The zero-order valence-corrected chi connectivity index (χ0v) is 11.6. The Morgan fingerprint density at radius 2 is 2.15 bits per heavy atom. The molecule has 2 aromatic heterocycles. The summed E-state index contributed by atoms with van der Waals surface area (Å²) in [4.78, 5) is 13.4. The Morgan fingerprint density at radius 1 is 1.20 bits per heavy atom. The van der Waals surface area contributed by atoms with Crippen LogP contribution in [-0.4, -0.2) is 28.0 Å². The van der Waals surface area contributed by atoms with E-state index in [4.69, 9.17) is 0 Å². The highest BCUT2D eigenvalue weighted by atomic mass is 15.1. The van der Waals surface area contributed by atoms with Gasteiger partial charge in [-0.2, -0.15) is 0 Å². The number of aromatic nitrogens is 3. The Bertz CT molecular complexity index is 578. The van der Waals surface area contributed by atoms with E-state index in [1.165, 1.54) is 12.8 Å². The Hall–Kier alpha value is -2.01. The molecule has 2 aromatic rings. The van der Waals surface area contributed by atoms with Gasteiger partial charge in [0.2, 0.25) is 0 Å². The van der Waals surface area contributed by atoms with Crippen molar-refractivity contribution in [3.05, 3.63) is 42.0 Å². The third kappa shape index (κ3) is 3.11. The van der Waals surface area contributed by atoms with E-state index in [-0.39, 0.29) is 0 Å². The number of pyridine rings is 1. The number of piperidine rings is 1. The van der Waals surface area contributed by atoms with Crippen molar-refractivity contribution in [2.24, 2.45) is 0 Å². The van der Waals surface area contributed by atoms with E-state index in [1.54, 1.807) is 6.20 Å². The molecule has 0 saturated carbocycles. The zero-order chi connectivity index (χ0) is 13.8. The van der Waals surface area contributed by atoms with Crippen LogP contribution in [0.5, 0.6) is 0 Å². The molecule has 0 amide bonds. The molecule has 5 nitrogen and oxygen atoms in total. The minimum atomic E-state index is 0.462. The van der Waals surface area contributed by atoms with Crippen LogP contribution >= 0.6 is 0 Å². The lowest BCUT2D eigenvalue weighted by molar-refractivity contribution is 0.454. The van der Waals surface area contributed by atoms with Crippen LogP contribution in [0.3, 0.4) is 0 Å². The van der Waals surface area contributed by atoms with Gasteiger partial charge in [-0.05, 0) is 38.4 Å². The number of nitrogens with zero attached hydrogens (tertiary/aromatic N) is 3. The third-order valence-electron chi connectivity index (χ3n) is 3.51. The van der Waals surface area contributed by atoms with Crippen LogP contribution in [0.15, 0.2) is 30.6 Å². The highest BCUT2D eigenvalue weighted by Crippen LogP contribution is 2.22. The van der Waals surface area contributed by atoms with Crippen molar-refractivity contribution in [1.29, 1.82) is 0 Å². The summed E-state index contributed by atoms with van der Waals surface area (Å²) in [6, 6.07) is 5.89. The quantitative estimate of drug-likeness (QED) is 0.896. The lowest BCUT2D eigenvalue weighted by Crippen LogP contribution is -2.29. The van der Waals surface area contributed by atoms with Gasteiger partial charge in [-0.25, -0.2) is 9.97 Å². The molecule has 2 N–H and O–H groups in total. The maximum Gasteiger partial charge on any atom is 0.150 e. The smallest absolute Gasteiger partial charge is 0.150 e. The van der Waals surface area contributed by atoms with Crippen LogP contribution in [0, 0.1) is 6.92 Å². The maximum absolute atomic E-state index is 4.67. The molecule has 1 atom stereocenters. The molecule has 1 aliphatic heterocycles. The van der Waals surface area contributed by atoms with Gasteiger partial charge in [0.15, 0.2) is 0 Å². The average molecular weight is 269 g/mol. The fourth-order valence-corrected chi connectivity index (χ4v) is 2.49. The second kappa shape index (κ2) is 5.96. The van der Waals surface area contributed by atoms with E-state index < -0.39 is 0 Å². The summed E-state index contributed by atoms with van der Waals surface area (Å²) < 4.78 is 0. The van der Waals surface area contributed by atoms with Crippen molar-refractivity contribution in [2.45, 2.75) is 25.7 Å². The van der Waals surface area contributed by atoms with Gasteiger partial charge in [-0.1, -0.05) is 6.07 Å². The summed E-state index contributed by atoms with van der Waals surface area (Å²) in [6.45, 7) is 4.07. The molecule has 0 aromatic carbocycles. The summed E-state index contributed by atoms with van der Waals surface area (Å²) >= 11 is 0. The molecule has 20 heavy (non-hydrogen) atoms.